The number of H-pyrrole nitrogens is 1. The van der Waals surface area contributed by atoms with Gasteiger partial charge in [0.05, 0.1) is 20.2 Å². The molecule has 2 aromatic rings. The van der Waals surface area contributed by atoms with Crippen molar-refractivity contribution in [3.8, 4) is 11.8 Å². The van der Waals surface area contributed by atoms with Crippen molar-refractivity contribution >= 4 is 22.6 Å². The van der Waals surface area contributed by atoms with Crippen LogP contribution in [0.25, 0.3) is 10.9 Å². The maximum atomic E-state index is 11.4. The van der Waals surface area contributed by atoms with Gasteiger partial charge in [-0.3, -0.25) is 9.69 Å². The molecule has 0 radical (unpaired) electrons. The van der Waals surface area contributed by atoms with E-state index in [1.54, 1.807) is 14.0 Å². The summed E-state index contributed by atoms with van der Waals surface area (Å²) in [7, 11) is 1.62. The zero-order valence-corrected chi connectivity index (χ0v) is 13.3. The summed E-state index contributed by atoms with van der Waals surface area (Å²) in [6.07, 6.45) is 0. The van der Waals surface area contributed by atoms with Gasteiger partial charge < -0.3 is 9.64 Å². The molecule has 0 bridgehead atoms. The molecule has 1 aromatic heterocycles. The van der Waals surface area contributed by atoms with Gasteiger partial charge in [0.2, 0.25) is 5.91 Å². The van der Waals surface area contributed by atoms with Gasteiger partial charge in [-0.15, -0.1) is 0 Å². The summed E-state index contributed by atoms with van der Waals surface area (Å²) < 4.78 is 5.23. The van der Waals surface area contributed by atoms with E-state index in [4.69, 9.17) is 4.74 Å². The Bertz CT molecular complexity index is 789. The molecule has 23 heavy (non-hydrogen) atoms. The fraction of sp³-hybridized carbons (Fsp3) is 0.353. The van der Waals surface area contributed by atoms with Crippen LogP contribution in [0.3, 0.4) is 0 Å². The van der Waals surface area contributed by atoms with Crippen LogP contribution in [0.15, 0.2) is 24.3 Å². The van der Waals surface area contributed by atoms with Crippen LogP contribution in [0.2, 0.25) is 0 Å². The highest BCUT2D eigenvalue weighted by Crippen LogP contribution is 2.23. The molecular weight excluding hydrogens is 292 g/mol. The molecule has 1 fully saturated rings. The monoisotopic (exact) mass is 311 g/mol. The number of methoxy groups -OCH3 is 1. The molecular formula is C17H19N4O2+. The first kappa shape index (κ1) is 15.1. The van der Waals surface area contributed by atoms with Gasteiger partial charge in [-0.05, 0) is 24.3 Å². The van der Waals surface area contributed by atoms with E-state index < -0.39 is 0 Å². The molecule has 3 rings (SSSR count). The number of pyridine rings is 1. The summed E-state index contributed by atoms with van der Waals surface area (Å²) in [5.74, 6) is 1.67. The minimum atomic E-state index is 0.0970. The van der Waals surface area contributed by atoms with Crippen molar-refractivity contribution in [1.29, 1.82) is 5.26 Å². The van der Waals surface area contributed by atoms with E-state index >= 15 is 0 Å². The third-order valence-electron chi connectivity index (χ3n) is 4.23. The standard InChI is InChI=1S/C17H18N4O2/c1-12(22)20-5-7-21(8-6-20)17-14(11-18)9-13-10-15(23-2)3-4-16(13)19-17/h3-4,9-10H,5-8H2,1-2H3/p+1. The molecule has 1 N–H and O–H groups in total. The van der Waals surface area contributed by atoms with E-state index in [1.807, 2.05) is 29.2 Å². The van der Waals surface area contributed by atoms with Crippen molar-refractivity contribution in [2.75, 3.05) is 38.2 Å². The number of nitriles is 1. The molecule has 6 nitrogen and oxygen atoms in total. The zero-order chi connectivity index (χ0) is 16.4. The second-order valence-electron chi connectivity index (χ2n) is 5.59. The quantitative estimate of drug-likeness (QED) is 0.835. The fourth-order valence-corrected chi connectivity index (χ4v) is 2.90. The number of nitrogens with one attached hydrogen (secondary N) is 1. The van der Waals surface area contributed by atoms with Crippen molar-refractivity contribution < 1.29 is 14.5 Å². The van der Waals surface area contributed by atoms with E-state index in [0.29, 0.717) is 31.7 Å². The van der Waals surface area contributed by atoms with Gasteiger partial charge in [-0.25, -0.2) is 4.98 Å². The Balaban J connectivity index is 1.94. The molecule has 0 aliphatic carbocycles. The van der Waals surface area contributed by atoms with Crippen LogP contribution >= 0.6 is 0 Å². The molecule has 118 valence electrons. The molecule has 1 saturated heterocycles. The van der Waals surface area contributed by atoms with Gasteiger partial charge in [0.25, 0.3) is 5.82 Å². The number of piperazine rings is 1. The van der Waals surface area contributed by atoms with E-state index in [1.165, 1.54) is 0 Å². The molecule has 0 atom stereocenters. The average molecular weight is 311 g/mol. The largest absolute Gasteiger partial charge is 0.497 e. The van der Waals surface area contributed by atoms with Crippen molar-refractivity contribution in [3.63, 3.8) is 0 Å². The van der Waals surface area contributed by atoms with Crippen LogP contribution in [0.4, 0.5) is 5.82 Å². The lowest BCUT2D eigenvalue weighted by Crippen LogP contribution is -2.49. The molecule has 2 heterocycles. The number of aromatic nitrogens is 1. The highest BCUT2D eigenvalue weighted by molar-refractivity contribution is 5.80. The predicted molar refractivity (Wildman–Crippen MR) is 86.2 cm³/mol. The van der Waals surface area contributed by atoms with Gasteiger partial charge in [0.1, 0.15) is 36.0 Å². The van der Waals surface area contributed by atoms with Crippen molar-refractivity contribution in [1.82, 2.24) is 4.90 Å². The molecule has 0 saturated carbocycles. The molecule has 0 spiro atoms. The van der Waals surface area contributed by atoms with Crippen LogP contribution in [-0.4, -0.2) is 44.1 Å². The second-order valence-corrected chi connectivity index (χ2v) is 5.59. The Labute approximate surface area is 134 Å². The fourth-order valence-electron chi connectivity index (χ4n) is 2.90. The molecule has 1 aliphatic heterocycles. The number of anilines is 1. The van der Waals surface area contributed by atoms with E-state index in [9.17, 15) is 10.1 Å². The third kappa shape index (κ3) is 2.90. The number of hydrogen-bond donors (Lipinski definition) is 0. The number of ether oxygens (including phenoxy) is 1. The topological polar surface area (TPSA) is 70.7 Å². The Morgan fingerprint density at radius 2 is 2.00 bits per heavy atom. The van der Waals surface area contributed by atoms with Crippen LogP contribution in [-0.2, 0) is 4.79 Å². The molecule has 1 aliphatic rings. The van der Waals surface area contributed by atoms with Crippen molar-refractivity contribution in [3.05, 3.63) is 29.8 Å². The first-order valence-electron chi connectivity index (χ1n) is 7.57. The first-order valence-corrected chi connectivity index (χ1v) is 7.57. The number of aromatic amines is 1. The lowest BCUT2D eigenvalue weighted by atomic mass is 10.1. The van der Waals surface area contributed by atoms with E-state index in [2.05, 4.69) is 16.0 Å². The highest BCUT2D eigenvalue weighted by Gasteiger charge is 2.27. The SMILES string of the molecule is COc1ccc2[nH+]c(N3CCN(C(C)=O)CC3)c(C#N)cc2c1. The Morgan fingerprint density at radius 1 is 1.26 bits per heavy atom. The summed E-state index contributed by atoms with van der Waals surface area (Å²) >= 11 is 0. The summed E-state index contributed by atoms with van der Waals surface area (Å²) in [6.45, 7) is 4.37. The van der Waals surface area contributed by atoms with Crippen LogP contribution < -0.4 is 14.6 Å². The van der Waals surface area contributed by atoms with E-state index in [-0.39, 0.29) is 5.91 Å². The predicted octanol–water partition coefficient (Wildman–Crippen LogP) is 1.20. The lowest BCUT2D eigenvalue weighted by Gasteiger charge is -2.30. The minimum absolute atomic E-state index is 0.0970. The van der Waals surface area contributed by atoms with Crippen molar-refractivity contribution in [2.45, 2.75) is 6.92 Å². The van der Waals surface area contributed by atoms with Gasteiger partial charge in [-0.2, -0.15) is 5.26 Å². The number of rotatable bonds is 2. The maximum Gasteiger partial charge on any atom is 0.293 e. The molecule has 0 unspecified atom stereocenters. The first-order chi connectivity index (χ1) is 11.1. The third-order valence-corrected chi connectivity index (χ3v) is 4.23. The number of carbonyl (C=O) groups is 1. The number of nitrogens with zero attached hydrogens (tertiary/aromatic N) is 3. The van der Waals surface area contributed by atoms with E-state index in [0.717, 1.165) is 22.5 Å². The highest BCUT2D eigenvalue weighted by atomic mass is 16.5. The number of hydrogen-bond acceptors (Lipinski definition) is 4. The molecule has 6 heteroatoms. The maximum absolute atomic E-state index is 11.4. The van der Waals surface area contributed by atoms with Crippen LogP contribution in [0.5, 0.6) is 5.75 Å². The minimum Gasteiger partial charge on any atom is -0.497 e. The second kappa shape index (κ2) is 6.13. The normalized spacial score (nSPS) is 14.7. The number of amides is 1. The van der Waals surface area contributed by atoms with Gasteiger partial charge >= 0.3 is 0 Å². The number of benzene rings is 1. The van der Waals surface area contributed by atoms with Gasteiger partial charge in [0, 0.05) is 12.3 Å². The summed E-state index contributed by atoms with van der Waals surface area (Å²) in [4.78, 5) is 18.7. The number of carbonyl (C=O) groups excluding carboxylic acids is 1. The summed E-state index contributed by atoms with van der Waals surface area (Å²) in [5, 5.41) is 10.4. The van der Waals surface area contributed by atoms with Gasteiger partial charge in [0.15, 0.2) is 0 Å². The smallest absolute Gasteiger partial charge is 0.293 e. The number of fused-ring (bicyclic) bond motifs is 1. The van der Waals surface area contributed by atoms with Gasteiger partial charge in [-0.1, -0.05) is 0 Å². The zero-order valence-electron chi connectivity index (χ0n) is 13.3. The van der Waals surface area contributed by atoms with Crippen molar-refractivity contribution in [2.24, 2.45) is 0 Å². The summed E-state index contributed by atoms with van der Waals surface area (Å²) in [5.41, 5.74) is 1.55. The summed E-state index contributed by atoms with van der Waals surface area (Å²) in [6, 6.07) is 9.89. The Morgan fingerprint density at radius 3 is 2.61 bits per heavy atom. The van der Waals surface area contributed by atoms with Crippen LogP contribution in [0, 0.1) is 11.3 Å². The Hall–Kier alpha value is -2.81. The Kier molecular flexibility index (Phi) is 4.02. The van der Waals surface area contributed by atoms with Crippen LogP contribution in [0.1, 0.15) is 12.5 Å². The lowest BCUT2D eigenvalue weighted by molar-refractivity contribution is -0.331. The molecule has 1 aromatic carbocycles. The molecule has 1 amide bonds. The average Bonchev–Trinajstić information content (AvgIpc) is 2.60.